The zero-order valence-electron chi connectivity index (χ0n) is 11.2. The highest BCUT2D eigenvalue weighted by molar-refractivity contribution is 9.11. The number of nitrogens with zero attached hydrogens (tertiary/aromatic N) is 1. The first-order valence-corrected chi connectivity index (χ1v) is 8.47. The van der Waals surface area contributed by atoms with Crippen molar-refractivity contribution >= 4 is 27.3 Å². The molecule has 18 heavy (non-hydrogen) atoms. The van der Waals surface area contributed by atoms with E-state index in [0.717, 1.165) is 12.5 Å². The first-order chi connectivity index (χ1) is 8.61. The number of likely N-dealkylation sites (N-methyl/N-ethyl adjacent to an activating group) is 1. The van der Waals surface area contributed by atoms with Crippen LogP contribution in [-0.2, 0) is 0 Å². The molecular formula is C14H23BrN2S. The first kappa shape index (κ1) is 14.5. The number of nitrogens with two attached hydrogens (primary N) is 1. The van der Waals surface area contributed by atoms with Gasteiger partial charge in [-0.15, -0.1) is 11.3 Å². The molecule has 1 aromatic rings. The van der Waals surface area contributed by atoms with Gasteiger partial charge in [-0.25, -0.2) is 0 Å². The number of halogens is 1. The van der Waals surface area contributed by atoms with Gasteiger partial charge in [-0.05, 0) is 60.3 Å². The van der Waals surface area contributed by atoms with Crippen molar-refractivity contribution in [1.82, 2.24) is 4.90 Å². The van der Waals surface area contributed by atoms with Gasteiger partial charge in [0.05, 0.1) is 9.83 Å². The molecule has 2 unspecified atom stereocenters. The maximum Gasteiger partial charge on any atom is 0.0702 e. The molecule has 0 radical (unpaired) electrons. The minimum absolute atomic E-state index is 0.176. The normalized spacial score (nSPS) is 19.8. The molecular weight excluding hydrogens is 308 g/mol. The fraction of sp³-hybridized carbons (Fsp3) is 0.714. The molecule has 0 spiro atoms. The van der Waals surface area contributed by atoms with E-state index in [2.05, 4.69) is 46.8 Å². The van der Waals surface area contributed by atoms with Crippen molar-refractivity contribution in [2.45, 2.75) is 45.2 Å². The molecule has 0 saturated heterocycles. The minimum atomic E-state index is 0.176. The van der Waals surface area contributed by atoms with E-state index in [4.69, 9.17) is 5.73 Å². The summed E-state index contributed by atoms with van der Waals surface area (Å²) in [6.07, 6.45) is 4.21. The molecule has 1 fully saturated rings. The van der Waals surface area contributed by atoms with Gasteiger partial charge in [-0.2, -0.15) is 0 Å². The van der Waals surface area contributed by atoms with Crippen LogP contribution in [0.25, 0.3) is 0 Å². The lowest BCUT2D eigenvalue weighted by molar-refractivity contribution is 0.127. The monoisotopic (exact) mass is 330 g/mol. The Morgan fingerprint density at radius 1 is 1.50 bits per heavy atom. The van der Waals surface area contributed by atoms with Crippen LogP contribution < -0.4 is 5.73 Å². The second-order valence-corrected chi connectivity index (χ2v) is 7.82. The summed E-state index contributed by atoms with van der Waals surface area (Å²) in [5, 5.41) is 0. The third-order valence-corrected chi connectivity index (χ3v) is 5.59. The number of thiophene rings is 1. The lowest BCUT2D eigenvalue weighted by Gasteiger charge is -2.38. The Hall–Kier alpha value is 0.1000. The van der Waals surface area contributed by atoms with Gasteiger partial charge in [0.25, 0.3) is 0 Å². The summed E-state index contributed by atoms with van der Waals surface area (Å²) in [4.78, 5) is 3.95. The maximum absolute atomic E-state index is 6.24. The average molecular weight is 331 g/mol. The van der Waals surface area contributed by atoms with Gasteiger partial charge in [0.15, 0.2) is 0 Å². The van der Waals surface area contributed by atoms with E-state index in [9.17, 15) is 0 Å². The van der Waals surface area contributed by atoms with Gasteiger partial charge >= 0.3 is 0 Å². The third-order valence-electron chi connectivity index (χ3n) is 3.90. The topological polar surface area (TPSA) is 29.3 Å². The molecule has 2 atom stereocenters. The van der Waals surface area contributed by atoms with Crippen LogP contribution in [0.15, 0.2) is 15.9 Å². The van der Waals surface area contributed by atoms with Crippen molar-refractivity contribution in [3.8, 4) is 0 Å². The quantitative estimate of drug-likeness (QED) is 0.853. The van der Waals surface area contributed by atoms with Gasteiger partial charge in [0.1, 0.15) is 0 Å². The predicted octanol–water partition coefficient (Wildman–Crippen LogP) is 4.02. The second kappa shape index (κ2) is 6.51. The van der Waals surface area contributed by atoms with Crippen LogP contribution in [0.1, 0.15) is 44.0 Å². The summed E-state index contributed by atoms with van der Waals surface area (Å²) in [5.41, 5.74) is 6.24. The first-order valence-electron chi connectivity index (χ1n) is 6.86. The van der Waals surface area contributed by atoms with Crippen LogP contribution in [0.4, 0.5) is 0 Å². The smallest absolute Gasteiger partial charge is 0.0702 e. The maximum atomic E-state index is 6.24. The van der Waals surface area contributed by atoms with Crippen molar-refractivity contribution in [3.63, 3.8) is 0 Å². The fourth-order valence-electron chi connectivity index (χ4n) is 2.71. The summed E-state index contributed by atoms with van der Waals surface area (Å²) in [6.45, 7) is 6.66. The van der Waals surface area contributed by atoms with Crippen LogP contribution in [0.2, 0.25) is 0 Å². The summed E-state index contributed by atoms with van der Waals surface area (Å²) in [7, 11) is 0. The SMILES string of the molecule is CCN(CC1CCC1)C(c1ccc(Br)s1)C(C)N. The van der Waals surface area contributed by atoms with Crippen molar-refractivity contribution in [2.24, 2.45) is 11.7 Å². The number of rotatable bonds is 6. The summed E-state index contributed by atoms with van der Waals surface area (Å²) in [5.74, 6) is 0.898. The van der Waals surface area contributed by atoms with E-state index in [1.54, 1.807) is 0 Å². The van der Waals surface area contributed by atoms with E-state index in [0.29, 0.717) is 6.04 Å². The molecule has 2 rings (SSSR count). The van der Waals surface area contributed by atoms with E-state index in [1.807, 2.05) is 11.3 Å². The van der Waals surface area contributed by atoms with Crippen molar-refractivity contribution in [1.29, 1.82) is 0 Å². The molecule has 0 aromatic carbocycles. The minimum Gasteiger partial charge on any atom is -0.326 e. The van der Waals surface area contributed by atoms with Crippen molar-refractivity contribution < 1.29 is 0 Å². The molecule has 1 saturated carbocycles. The molecule has 1 aliphatic carbocycles. The molecule has 4 heteroatoms. The predicted molar refractivity (Wildman–Crippen MR) is 83.0 cm³/mol. The van der Waals surface area contributed by atoms with Gasteiger partial charge in [-0.1, -0.05) is 13.3 Å². The summed E-state index contributed by atoms with van der Waals surface area (Å²) < 4.78 is 1.20. The third kappa shape index (κ3) is 3.35. The Balaban J connectivity index is 2.11. The van der Waals surface area contributed by atoms with Crippen LogP contribution in [0.3, 0.4) is 0 Å². The number of hydrogen-bond acceptors (Lipinski definition) is 3. The largest absolute Gasteiger partial charge is 0.326 e. The lowest BCUT2D eigenvalue weighted by atomic mass is 9.84. The Labute approximate surface area is 123 Å². The van der Waals surface area contributed by atoms with Crippen molar-refractivity contribution in [2.75, 3.05) is 13.1 Å². The second-order valence-electron chi connectivity index (χ2n) is 5.33. The Kier molecular flexibility index (Phi) is 5.24. The molecule has 1 aromatic heterocycles. The average Bonchev–Trinajstić information content (AvgIpc) is 2.67. The van der Waals surface area contributed by atoms with E-state index in [-0.39, 0.29) is 6.04 Å². The van der Waals surface area contributed by atoms with E-state index >= 15 is 0 Å². The molecule has 0 bridgehead atoms. The zero-order chi connectivity index (χ0) is 13.1. The van der Waals surface area contributed by atoms with Crippen molar-refractivity contribution in [3.05, 3.63) is 20.8 Å². The summed E-state index contributed by atoms with van der Waals surface area (Å²) >= 11 is 5.37. The van der Waals surface area contributed by atoms with Gasteiger partial charge in [0, 0.05) is 17.5 Å². The van der Waals surface area contributed by atoms with E-state index in [1.165, 1.54) is 34.5 Å². The molecule has 0 aliphatic heterocycles. The zero-order valence-corrected chi connectivity index (χ0v) is 13.6. The Bertz CT molecular complexity index is 374. The molecule has 1 heterocycles. The highest BCUT2D eigenvalue weighted by Crippen LogP contribution is 2.35. The van der Waals surface area contributed by atoms with Crippen LogP contribution in [0, 0.1) is 5.92 Å². The van der Waals surface area contributed by atoms with Gasteiger partial charge in [0.2, 0.25) is 0 Å². The standard InChI is InChI=1S/C14H23BrN2S/c1-3-17(9-11-5-4-6-11)14(10(2)16)12-7-8-13(15)18-12/h7-8,10-11,14H,3-6,9,16H2,1-2H3. The van der Waals surface area contributed by atoms with Crippen LogP contribution in [0.5, 0.6) is 0 Å². The molecule has 102 valence electrons. The van der Waals surface area contributed by atoms with Gasteiger partial charge in [-0.3, -0.25) is 4.90 Å². The molecule has 1 aliphatic rings. The molecule has 2 N–H and O–H groups in total. The van der Waals surface area contributed by atoms with E-state index < -0.39 is 0 Å². The molecule has 0 amide bonds. The Morgan fingerprint density at radius 2 is 2.22 bits per heavy atom. The lowest BCUT2D eigenvalue weighted by Crippen LogP contribution is -2.42. The highest BCUT2D eigenvalue weighted by Gasteiger charge is 2.28. The fourth-order valence-corrected chi connectivity index (χ4v) is 4.38. The van der Waals surface area contributed by atoms with Crippen LogP contribution >= 0.6 is 27.3 Å². The van der Waals surface area contributed by atoms with Gasteiger partial charge < -0.3 is 5.73 Å². The molecule has 2 nitrogen and oxygen atoms in total. The summed E-state index contributed by atoms with van der Waals surface area (Å²) in [6, 6.07) is 4.89. The Morgan fingerprint density at radius 3 is 2.61 bits per heavy atom. The highest BCUT2D eigenvalue weighted by atomic mass is 79.9. The number of hydrogen-bond donors (Lipinski definition) is 1. The van der Waals surface area contributed by atoms with Crippen LogP contribution in [-0.4, -0.2) is 24.0 Å².